The maximum atomic E-state index is 11.4. The lowest BCUT2D eigenvalue weighted by molar-refractivity contribution is -0.386. The molecule has 0 spiro atoms. The van der Waals surface area contributed by atoms with E-state index in [4.69, 9.17) is 0 Å². The van der Waals surface area contributed by atoms with Crippen molar-refractivity contribution >= 4 is 11.4 Å². The fraction of sp³-hybridized carbons (Fsp3) is 0.111. The lowest BCUT2D eigenvalue weighted by atomic mass is 9.81. The van der Waals surface area contributed by atoms with Crippen molar-refractivity contribution < 1.29 is 15.1 Å². The van der Waals surface area contributed by atoms with E-state index in [-0.39, 0.29) is 22.7 Å². The van der Waals surface area contributed by atoms with E-state index in [0.717, 1.165) is 0 Å². The number of nitro benzene ring substituents is 1. The van der Waals surface area contributed by atoms with E-state index in [0.29, 0.717) is 0 Å². The second-order valence-electron chi connectivity index (χ2n) is 5.48. The Labute approximate surface area is 143 Å². The molecule has 25 heavy (non-hydrogen) atoms. The van der Waals surface area contributed by atoms with Gasteiger partial charge in [0.2, 0.25) is 0 Å². The predicted octanol–water partition coefficient (Wildman–Crippen LogP) is 3.77. The van der Waals surface area contributed by atoms with Crippen LogP contribution in [0.15, 0.2) is 83.1 Å². The Morgan fingerprint density at radius 3 is 2.52 bits per heavy atom. The number of phenols is 1. The quantitative estimate of drug-likeness (QED) is 0.503. The molecule has 7 heteroatoms. The Bertz CT molecular complexity index is 891. The SMILES string of the molecule is O=[N+]([O-])c1ccccc1C1(N=Nc2ccccc2O)C=CC=CC1O. The van der Waals surface area contributed by atoms with Gasteiger partial charge in [-0.2, -0.15) is 10.2 Å². The summed E-state index contributed by atoms with van der Waals surface area (Å²) < 4.78 is 0. The third-order valence-electron chi connectivity index (χ3n) is 3.94. The van der Waals surface area contributed by atoms with Crippen LogP contribution in [-0.4, -0.2) is 21.2 Å². The Morgan fingerprint density at radius 1 is 1.08 bits per heavy atom. The zero-order chi connectivity index (χ0) is 17.9. The first-order valence-electron chi connectivity index (χ1n) is 7.53. The van der Waals surface area contributed by atoms with Gasteiger partial charge < -0.3 is 10.2 Å². The molecule has 0 bridgehead atoms. The molecule has 0 saturated heterocycles. The number of nitrogens with zero attached hydrogens (tertiary/aromatic N) is 3. The molecule has 2 aromatic carbocycles. The van der Waals surface area contributed by atoms with Crippen molar-refractivity contribution in [1.29, 1.82) is 0 Å². The maximum Gasteiger partial charge on any atom is 0.275 e. The molecule has 3 rings (SSSR count). The van der Waals surface area contributed by atoms with Gasteiger partial charge in [0.25, 0.3) is 5.69 Å². The van der Waals surface area contributed by atoms with Crippen LogP contribution in [0.25, 0.3) is 0 Å². The second kappa shape index (κ2) is 6.66. The number of allylic oxidation sites excluding steroid dienone is 2. The van der Waals surface area contributed by atoms with Crippen molar-refractivity contribution in [3.8, 4) is 5.75 Å². The van der Waals surface area contributed by atoms with Crippen LogP contribution in [-0.2, 0) is 5.54 Å². The summed E-state index contributed by atoms with van der Waals surface area (Å²) in [6, 6.07) is 12.4. The van der Waals surface area contributed by atoms with Crippen molar-refractivity contribution in [1.82, 2.24) is 0 Å². The van der Waals surface area contributed by atoms with Crippen LogP contribution in [0, 0.1) is 10.1 Å². The summed E-state index contributed by atoms with van der Waals surface area (Å²) in [6.07, 6.45) is 5.18. The number of aromatic hydroxyl groups is 1. The van der Waals surface area contributed by atoms with Crippen molar-refractivity contribution in [2.75, 3.05) is 0 Å². The van der Waals surface area contributed by atoms with Gasteiger partial charge in [0.15, 0.2) is 5.54 Å². The molecule has 2 unspecified atom stereocenters. The van der Waals surface area contributed by atoms with Crippen LogP contribution in [0.5, 0.6) is 5.75 Å². The number of para-hydroxylation sites is 2. The zero-order valence-corrected chi connectivity index (χ0v) is 13.1. The Balaban J connectivity index is 2.17. The Hall–Kier alpha value is -3.32. The van der Waals surface area contributed by atoms with Crippen LogP contribution in [0.2, 0.25) is 0 Å². The highest BCUT2D eigenvalue weighted by atomic mass is 16.6. The van der Waals surface area contributed by atoms with E-state index in [1.165, 1.54) is 24.3 Å². The molecule has 2 N–H and O–H groups in total. The average molecular weight is 337 g/mol. The summed E-state index contributed by atoms with van der Waals surface area (Å²) in [6.45, 7) is 0. The average Bonchev–Trinajstić information content (AvgIpc) is 2.62. The molecule has 0 heterocycles. The van der Waals surface area contributed by atoms with E-state index < -0.39 is 16.6 Å². The number of aliphatic hydroxyl groups excluding tert-OH is 1. The smallest absolute Gasteiger partial charge is 0.275 e. The number of rotatable bonds is 4. The molecule has 2 aromatic rings. The molecule has 0 radical (unpaired) electrons. The summed E-state index contributed by atoms with van der Waals surface area (Å²) in [5, 5.41) is 40.1. The fourth-order valence-electron chi connectivity index (χ4n) is 2.67. The summed E-state index contributed by atoms with van der Waals surface area (Å²) in [4.78, 5) is 10.9. The lowest BCUT2D eigenvalue weighted by Crippen LogP contribution is -2.36. The fourth-order valence-corrected chi connectivity index (χ4v) is 2.67. The Morgan fingerprint density at radius 2 is 1.80 bits per heavy atom. The summed E-state index contributed by atoms with van der Waals surface area (Å²) in [7, 11) is 0. The number of hydrogen-bond donors (Lipinski definition) is 2. The topological polar surface area (TPSA) is 108 Å². The lowest BCUT2D eigenvalue weighted by Gasteiger charge is -2.30. The van der Waals surface area contributed by atoms with Gasteiger partial charge in [0, 0.05) is 6.07 Å². The minimum Gasteiger partial charge on any atom is -0.506 e. The number of azo groups is 1. The molecule has 1 aliphatic carbocycles. The van der Waals surface area contributed by atoms with E-state index >= 15 is 0 Å². The van der Waals surface area contributed by atoms with E-state index in [1.807, 2.05) is 0 Å². The van der Waals surface area contributed by atoms with Gasteiger partial charge in [-0.3, -0.25) is 10.1 Å². The van der Waals surface area contributed by atoms with Gasteiger partial charge in [-0.1, -0.05) is 42.5 Å². The van der Waals surface area contributed by atoms with Crippen molar-refractivity contribution in [2.45, 2.75) is 11.6 Å². The second-order valence-corrected chi connectivity index (χ2v) is 5.48. The number of nitro groups is 1. The highest BCUT2D eigenvalue weighted by molar-refractivity contribution is 5.52. The summed E-state index contributed by atoms with van der Waals surface area (Å²) in [5.41, 5.74) is -1.21. The molecule has 0 saturated carbocycles. The van der Waals surface area contributed by atoms with E-state index in [1.54, 1.807) is 48.6 Å². The minimum atomic E-state index is -1.46. The maximum absolute atomic E-state index is 11.4. The number of benzene rings is 2. The standard InChI is InChI=1S/C18H15N3O4/c22-16-10-4-2-8-14(16)19-20-18(12-6-5-11-17(18)23)13-7-1-3-9-15(13)21(24)25/h1-12,17,22-23H. The Kier molecular flexibility index (Phi) is 4.40. The van der Waals surface area contributed by atoms with Crippen LogP contribution >= 0.6 is 0 Å². The summed E-state index contributed by atoms with van der Waals surface area (Å²) >= 11 is 0. The van der Waals surface area contributed by atoms with Crippen LogP contribution in [0.4, 0.5) is 11.4 Å². The van der Waals surface area contributed by atoms with Crippen molar-refractivity contribution in [3.05, 3.63) is 88.5 Å². The normalized spacial score (nSPS) is 22.4. The van der Waals surface area contributed by atoms with Gasteiger partial charge in [-0.25, -0.2) is 0 Å². The van der Waals surface area contributed by atoms with Crippen molar-refractivity contribution in [3.63, 3.8) is 0 Å². The van der Waals surface area contributed by atoms with Gasteiger partial charge in [-0.15, -0.1) is 0 Å². The third-order valence-corrected chi connectivity index (χ3v) is 3.94. The number of aliphatic hydroxyl groups is 1. The molecule has 7 nitrogen and oxygen atoms in total. The molecular weight excluding hydrogens is 322 g/mol. The molecule has 0 amide bonds. The van der Waals surface area contributed by atoms with Gasteiger partial charge in [0.1, 0.15) is 17.5 Å². The molecule has 1 aliphatic rings. The zero-order valence-electron chi connectivity index (χ0n) is 13.1. The van der Waals surface area contributed by atoms with Crippen LogP contribution in [0.3, 0.4) is 0 Å². The molecule has 0 aliphatic heterocycles. The number of phenolic OH excluding ortho intramolecular Hbond substituents is 1. The van der Waals surface area contributed by atoms with Crippen LogP contribution in [0.1, 0.15) is 5.56 Å². The molecule has 2 atom stereocenters. The predicted molar refractivity (Wildman–Crippen MR) is 91.7 cm³/mol. The monoisotopic (exact) mass is 337 g/mol. The first-order chi connectivity index (χ1) is 12.0. The highest BCUT2D eigenvalue weighted by Crippen LogP contribution is 2.41. The van der Waals surface area contributed by atoms with Gasteiger partial charge in [-0.05, 0) is 24.3 Å². The molecular formula is C18H15N3O4. The highest BCUT2D eigenvalue weighted by Gasteiger charge is 2.42. The van der Waals surface area contributed by atoms with E-state index in [9.17, 15) is 20.3 Å². The third kappa shape index (κ3) is 3.05. The first kappa shape index (κ1) is 16.5. The molecule has 0 aromatic heterocycles. The first-order valence-corrected chi connectivity index (χ1v) is 7.53. The minimum absolute atomic E-state index is 0.0752. The molecule has 0 fully saturated rings. The van der Waals surface area contributed by atoms with Crippen LogP contribution < -0.4 is 0 Å². The van der Waals surface area contributed by atoms with E-state index in [2.05, 4.69) is 10.2 Å². The van der Waals surface area contributed by atoms with Gasteiger partial charge in [0.05, 0.1) is 10.5 Å². The molecule has 126 valence electrons. The number of hydrogen-bond acceptors (Lipinski definition) is 6. The van der Waals surface area contributed by atoms with Crippen molar-refractivity contribution in [2.24, 2.45) is 10.2 Å². The summed E-state index contributed by atoms with van der Waals surface area (Å²) in [5.74, 6) is -0.0752. The van der Waals surface area contributed by atoms with Gasteiger partial charge >= 0.3 is 0 Å². The largest absolute Gasteiger partial charge is 0.506 e.